The number of hydrogen-bond acceptors (Lipinski definition) is 4. The summed E-state index contributed by atoms with van der Waals surface area (Å²) in [5.74, 6) is -1.32. The van der Waals surface area contributed by atoms with E-state index < -0.39 is 16.0 Å². The molecule has 0 aliphatic rings. The van der Waals surface area contributed by atoms with Crippen molar-refractivity contribution in [2.24, 2.45) is 0 Å². The van der Waals surface area contributed by atoms with Crippen LogP contribution < -0.4 is 10.5 Å². The lowest BCUT2D eigenvalue weighted by atomic mass is 10.2. The number of benzene rings is 1. The minimum atomic E-state index is -3.83. The van der Waals surface area contributed by atoms with Gasteiger partial charge in [-0.25, -0.2) is 17.9 Å². The third-order valence-corrected chi connectivity index (χ3v) is 4.37. The second-order valence-corrected chi connectivity index (χ2v) is 6.25. The molecule has 1 aromatic rings. The van der Waals surface area contributed by atoms with E-state index in [0.29, 0.717) is 6.54 Å². The van der Waals surface area contributed by atoms with Gasteiger partial charge in [0.05, 0.1) is 10.5 Å². The summed E-state index contributed by atoms with van der Waals surface area (Å²) < 4.78 is 26.6. The maximum absolute atomic E-state index is 12.1. The lowest BCUT2D eigenvalue weighted by Crippen LogP contribution is -2.26. The summed E-state index contributed by atoms with van der Waals surface area (Å²) in [5.41, 5.74) is 5.38. The van der Waals surface area contributed by atoms with Gasteiger partial charge in [-0.3, -0.25) is 0 Å². The van der Waals surface area contributed by atoms with Gasteiger partial charge < -0.3 is 10.8 Å². The molecular formula is C13H20N2O4S. The van der Waals surface area contributed by atoms with Crippen LogP contribution in [0.3, 0.4) is 0 Å². The molecule has 0 atom stereocenters. The van der Waals surface area contributed by atoms with Crippen molar-refractivity contribution < 1.29 is 18.3 Å². The van der Waals surface area contributed by atoms with Crippen LogP contribution in [0.5, 0.6) is 0 Å². The lowest BCUT2D eigenvalue weighted by molar-refractivity contribution is 0.0692. The fraction of sp³-hybridized carbons (Fsp3) is 0.462. The standard InChI is InChI=1S/C13H20N2O4S/c1-2-3-4-5-8-15-20(18,19)12-7-6-10(14)9-11(12)13(16)17/h6-7,9,15H,2-5,8,14H2,1H3,(H,16,17). The number of rotatable bonds is 8. The van der Waals surface area contributed by atoms with Gasteiger partial charge in [0.2, 0.25) is 10.0 Å². The molecule has 0 aliphatic carbocycles. The van der Waals surface area contributed by atoms with Crippen LogP contribution in [0, 0.1) is 0 Å². The van der Waals surface area contributed by atoms with E-state index in [2.05, 4.69) is 11.6 Å². The molecule has 112 valence electrons. The lowest BCUT2D eigenvalue weighted by Gasteiger charge is -2.10. The fourth-order valence-corrected chi connectivity index (χ4v) is 3.04. The summed E-state index contributed by atoms with van der Waals surface area (Å²) in [6.45, 7) is 2.36. The van der Waals surface area contributed by atoms with E-state index in [9.17, 15) is 13.2 Å². The van der Waals surface area contributed by atoms with Crippen LogP contribution in [-0.4, -0.2) is 26.0 Å². The Hall–Kier alpha value is -1.60. The predicted octanol–water partition coefficient (Wildman–Crippen LogP) is 1.83. The molecule has 7 heteroatoms. The smallest absolute Gasteiger partial charge is 0.337 e. The number of unbranched alkanes of at least 4 members (excludes halogenated alkanes) is 3. The van der Waals surface area contributed by atoms with Gasteiger partial charge in [-0.2, -0.15) is 0 Å². The van der Waals surface area contributed by atoms with Crippen LogP contribution in [0.25, 0.3) is 0 Å². The first-order chi connectivity index (χ1) is 9.38. The predicted molar refractivity (Wildman–Crippen MR) is 77.1 cm³/mol. The van der Waals surface area contributed by atoms with Crippen molar-refractivity contribution in [2.75, 3.05) is 12.3 Å². The van der Waals surface area contributed by atoms with E-state index in [0.717, 1.165) is 31.7 Å². The number of carbonyl (C=O) groups is 1. The monoisotopic (exact) mass is 300 g/mol. The summed E-state index contributed by atoms with van der Waals surface area (Å²) >= 11 is 0. The van der Waals surface area contributed by atoms with E-state index in [-0.39, 0.29) is 16.1 Å². The molecule has 1 aromatic carbocycles. The maximum atomic E-state index is 12.1. The number of nitrogens with two attached hydrogens (primary N) is 1. The van der Waals surface area contributed by atoms with Crippen LogP contribution in [0.2, 0.25) is 0 Å². The summed E-state index contributed by atoms with van der Waals surface area (Å²) in [7, 11) is -3.83. The Labute approximate surface area is 119 Å². The molecule has 0 saturated carbocycles. The number of nitrogen functional groups attached to an aromatic ring is 1. The van der Waals surface area contributed by atoms with Gasteiger partial charge in [0, 0.05) is 12.2 Å². The second-order valence-electron chi connectivity index (χ2n) is 4.52. The molecule has 0 saturated heterocycles. The first-order valence-electron chi connectivity index (χ1n) is 6.51. The molecular weight excluding hydrogens is 280 g/mol. The molecule has 1 rings (SSSR count). The van der Waals surface area contributed by atoms with Crippen molar-refractivity contribution in [3.8, 4) is 0 Å². The molecule has 20 heavy (non-hydrogen) atoms. The molecule has 0 bridgehead atoms. The average molecular weight is 300 g/mol. The quantitative estimate of drug-likeness (QED) is 0.501. The van der Waals surface area contributed by atoms with Crippen molar-refractivity contribution in [2.45, 2.75) is 37.5 Å². The second kappa shape index (κ2) is 7.25. The minimum Gasteiger partial charge on any atom is -0.478 e. The Balaban J connectivity index is 2.84. The minimum absolute atomic E-state index is 0.212. The van der Waals surface area contributed by atoms with Gasteiger partial charge in [0.25, 0.3) is 0 Å². The Bertz CT molecular complexity index is 570. The first-order valence-corrected chi connectivity index (χ1v) is 7.99. The van der Waals surface area contributed by atoms with Crippen LogP contribution >= 0.6 is 0 Å². The van der Waals surface area contributed by atoms with Gasteiger partial charge >= 0.3 is 5.97 Å². The van der Waals surface area contributed by atoms with Crippen molar-refractivity contribution in [3.05, 3.63) is 23.8 Å². The largest absolute Gasteiger partial charge is 0.478 e. The SMILES string of the molecule is CCCCCCNS(=O)(=O)c1ccc(N)cc1C(=O)O. The molecule has 0 aliphatic heterocycles. The molecule has 0 fully saturated rings. The van der Waals surface area contributed by atoms with Crippen molar-refractivity contribution >= 4 is 21.7 Å². The van der Waals surface area contributed by atoms with Crippen LogP contribution in [0.1, 0.15) is 43.0 Å². The van der Waals surface area contributed by atoms with Gasteiger partial charge in [-0.1, -0.05) is 26.2 Å². The van der Waals surface area contributed by atoms with Crippen LogP contribution in [-0.2, 0) is 10.0 Å². The Kier molecular flexibility index (Phi) is 5.97. The van der Waals surface area contributed by atoms with Crippen molar-refractivity contribution in [1.82, 2.24) is 4.72 Å². The van der Waals surface area contributed by atoms with Gasteiger partial charge in [0.15, 0.2) is 0 Å². The number of aromatic carboxylic acids is 1. The van der Waals surface area contributed by atoms with E-state index >= 15 is 0 Å². The van der Waals surface area contributed by atoms with Gasteiger partial charge in [-0.15, -0.1) is 0 Å². The fourth-order valence-electron chi connectivity index (χ4n) is 1.79. The molecule has 0 unspecified atom stereocenters. The molecule has 0 heterocycles. The third-order valence-electron chi connectivity index (χ3n) is 2.85. The highest BCUT2D eigenvalue weighted by Crippen LogP contribution is 2.19. The maximum Gasteiger partial charge on any atom is 0.337 e. The Morgan fingerprint density at radius 3 is 2.60 bits per heavy atom. The van der Waals surface area contributed by atoms with Crippen LogP contribution in [0.15, 0.2) is 23.1 Å². The number of nitrogens with one attached hydrogen (secondary N) is 1. The van der Waals surface area contributed by atoms with E-state index in [1.54, 1.807) is 0 Å². The van der Waals surface area contributed by atoms with Gasteiger partial charge in [0.1, 0.15) is 0 Å². The Morgan fingerprint density at radius 2 is 2.00 bits per heavy atom. The number of hydrogen-bond donors (Lipinski definition) is 3. The average Bonchev–Trinajstić information content (AvgIpc) is 2.38. The number of sulfonamides is 1. The van der Waals surface area contributed by atoms with E-state index in [1.807, 2.05) is 0 Å². The highest BCUT2D eigenvalue weighted by Gasteiger charge is 2.21. The molecule has 0 radical (unpaired) electrons. The highest BCUT2D eigenvalue weighted by molar-refractivity contribution is 7.89. The molecule has 0 amide bonds. The number of carboxylic acids is 1. The molecule has 6 nitrogen and oxygen atoms in total. The third kappa shape index (κ3) is 4.50. The van der Waals surface area contributed by atoms with Crippen molar-refractivity contribution in [3.63, 3.8) is 0 Å². The summed E-state index contributed by atoms with van der Waals surface area (Å²) in [6.07, 6.45) is 3.77. The summed E-state index contributed by atoms with van der Waals surface area (Å²) in [4.78, 5) is 10.8. The van der Waals surface area contributed by atoms with E-state index in [4.69, 9.17) is 10.8 Å². The highest BCUT2D eigenvalue weighted by atomic mass is 32.2. The zero-order valence-corrected chi connectivity index (χ0v) is 12.2. The zero-order chi connectivity index (χ0) is 15.2. The van der Waals surface area contributed by atoms with Gasteiger partial charge in [-0.05, 0) is 24.6 Å². The zero-order valence-electron chi connectivity index (χ0n) is 11.4. The molecule has 4 N–H and O–H groups in total. The normalized spacial score (nSPS) is 11.4. The molecule has 0 aromatic heterocycles. The van der Waals surface area contributed by atoms with Crippen molar-refractivity contribution in [1.29, 1.82) is 0 Å². The first kappa shape index (κ1) is 16.5. The number of anilines is 1. The summed E-state index contributed by atoms with van der Waals surface area (Å²) in [5, 5.41) is 9.05. The Morgan fingerprint density at radius 1 is 1.30 bits per heavy atom. The molecule has 0 spiro atoms. The topological polar surface area (TPSA) is 109 Å². The number of carboxylic acid groups (broad SMARTS) is 1. The summed E-state index contributed by atoms with van der Waals surface area (Å²) in [6, 6.07) is 3.74. The van der Waals surface area contributed by atoms with E-state index in [1.165, 1.54) is 12.1 Å². The van der Waals surface area contributed by atoms with Crippen LogP contribution in [0.4, 0.5) is 5.69 Å².